The number of amides is 1. The molecule has 1 aliphatic heterocycles. The van der Waals surface area contributed by atoms with Crippen LogP contribution in [0.4, 0.5) is 0 Å². The van der Waals surface area contributed by atoms with Gasteiger partial charge in [0.25, 0.3) is 0 Å². The first-order valence-corrected chi connectivity index (χ1v) is 13.5. The fourth-order valence-corrected chi connectivity index (χ4v) is 5.66. The number of hydrogen-bond donors (Lipinski definition) is 1. The van der Waals surface area contributed by atoms with Crippen LogP contribution in [-0.2, 0) is 43.6 Å². The number of carbonyl (C=O) groups is 1. The van der Waals surface area contributed by atoms with Gasteiger partial charge in [0.2, 0.25) is 5.91 Å². The molecular weight excluding hydrogens is 478 g/mol. The molecule has 2 fully saturated rings. The van der Waals surface area contributed by atoms with Crippen molar-refractivity contribution in [3.8, 4) is 0 Å². The molecule has 1 saturated heterocycles. The number of hydrogen-bond acceptors (Lipinski definition) is 5. The zero-order valence-electron chi connectivity index (χ0n) is 21.9. The third-order valence-corrected chi connectivity index (χ3v) is 7.59. The number of benzene rings is 3. The lowest BCUT2D eigenvalue weighted by molar-refractivity contribution is -0.238. The molecule has 1 heterocycles. The SMILES string of the molecule is CNC(=O)[C@H]1CC2[C@H](C1)OC(COCc1ccccc1)[C@H](OCc1ccccc1)[C@@H]2OCc1ccccc1. The van der Waals surface area contributed by atoms with Gasteiger partial charge in [-0.25, -0.2) is 0 Å². The minimum Gasteiger partial charge on any atom is -0.374 e. The number of rotatable bonds is 11. The van der Waals surface area contributed by atoms with Crippen molar-refractivity contribution >= 4 is 5.91 Å². The van der Waals surface area contributed by atoms with Gasteiger partial charge in [-0.2, -0.15) is 0 Å². The summed E-state index contributed by atoms with van der Waals surface area (Å²) in [4.78, 5) is 12.6. The Labute approximate surface area is 225 Å². The highest BCUT2D eigenvalue weighted by molar-refractivity contribution is 5.78. The molecule has 3 aromatic carbocycles. The Kier molecular flexibility index (Phi) is 9.20. The molecule has 2 aliphatic rings. The average molecular weight is 516 g/mol. The number of fused-ring (bicyclic) bond motifs is 1. The predicted molar refractivity (Wildman–Crippen MR) is 145 cm³/mol. The van der Waals surface area contributed by atoms with Crippen LogP contribution in [0.1, 0.15) is 29.5 Å². The van der Waals surface area contributed by atoms with Gasteiger partial charge in [-0.05, 0) is 29.5 Å². The van der Waals surface area contributed by atoms with E-state index in [4.69, 9.17) is 18.9 Å². The first-order chi connectivity index (χ1) is 18.7. The summed E-state index contributed by atoms with van der Waals surface area (Å²) in [6.07, 6.45) is 0.438. The maximum absolute atomic E-state index is 12.6. The molecule has 3 aromatic rings. The van der Waals surface area contributed by atoms with Crippen molar-refractivity contribution in [1.82, 2.24) is 5.32 Å². The number of ether oxygens (including phenoxy) is 4. The lowest BCUT2D eigenvalue weighted by atomic mass is 9.87. The lowest BCUT2D eigenvalue weighted by Gasteiger charge is -2.44. The van der Waals surface area contributed by atoms with Crippen LogP contribution in [0, 0.1) is 11.8 Å². The third kappa shape index (κ3) is 6.69. The van der Waals surface area contributed by atoms with Gasteiger partial charge >= 0.3 is 0 Å². The van der Waals surface area contributed by atoms with Crippen molar-refractivity contribution in [3.63, 3.8) is 0 Å². The van der Waals surface area contributed by atoms with Crippen LogP contribution in [0.15, 0.2) is 91.0 Å². The highest BCUT2D eigenvalue weighted by Gasteiger charge is 2.52. The summed E-state index contributed by atoms with van der Waals surface area (Å²) in [5.41, 5.74) is 3.31. The maximum Gasteiger partial charge on any atom is 0.222 e. The van der Waals surface area contributed by atoms with E-state index in [1.165, 1.54) is 0 Å². The highest BCUT2D eigenvalue weighted by Crippen LogP contribution is 2.43. The van der Waals surface area contributed by atoms with Gasteiger partial charge in [0, 0.05) is 18.9 Å². The van der Waals surface area contributed by atoms with Crippen molar-refractivity contribution < 1.29 is 23.7 Å². The van der Waals surface area contributed by atoms with Crippen LogP contribution < -0.4 is 5.32 Å². The molecule has 6 heteroatoms. The molecule has 0 radical (unpaired) electrons. The zero-order chi connectivity index (χ0) is 26.2. The van der Waals surface area contributed by atoms with E-state index < -0.39 is 0 Å². The van der Waals surface area contributed by atoms with Crippen LogP contribution >= 0.6 is 0 Å². The molecular formula is C32H37NO5. The second kappa shape index (κ2) is 13.2. The molecule has 0 spiro atoms. The molecule has 1 aliphatic carbocycles. The molecule has 1 amide bonds. The normalized spacial score (nSPS) is 26.6. The van der Waals surface area contributed by atoms with Crippen molar-refractivity contribution in [3.05, 3.63) is 108 Å². The Hall–Kier alpha value is -3.03. The Balaban J connectivity index is 1.36. The summed E-state index contributed by atoms with van der Waals surface area (Å²) in [5.74, 6) is 0.0205. The van der Waals surface area contributed by atoms with E-state index in [9.17, 15) is 4.79 Å². The van der Waals surface area contributed by atoms with E-state index in [2.05, 4.69) is 41.7 Å². The van der Waals surface area contributed by atoms with Crippen LogP contribution in [0.25, 0.3) is 0 Å². The number of nitrogens with one attached hydrogen (secondary N) is 1. The molecule has 0 bridgehead atoms. The summed E-state index contributed by atoms with van der Waals surface area (Å²) < 4.78 is 26.0. The summed E-state index contributed by atoms with van der Waals surface area (Å²) in [7, 11) is 1.69. The smallest absolute Gasteiger partial charge is 0.222 e. The van der Waals surface area contributed by atoms with Crippen LogP contribution in [0.5, 0.6) is 0 Å². The topological polar surface area (TPSA) is 66.0 Å². The Morgan fingerprint density at radius 3 is 1.84 bits per heavy atom. The predicted octanol–water partition coefficient (Wildman–Crippen LogP) is 4.91. The van der Waals surface area contributed by atoms with Gasteiger partial charge < -0.3 is 24.3 Å². The molecule has 2 unspecified atom stereocenters. The first-order valence-electron chi connectivity index (χ1n) is 13.5. The molecule has 200 valence electrons. The van der Waals surface area contributed by atoms with E-state index in [1.807, 2.05) is 54.6 Å². The Bertz CT molecular complexity index is 1130. The van der Waals surface area contributed by atoms with Gasteiger partial charge in [0.1, 0.15) is 12.2 Å². The zero-order valence-corrected chi connectivity index (χ0v) is 21.9. The van der Waals surface area contributed by atoms with Crippen LogP contribution in [0.3, 0.4) is 0 Å². The first kappa shape index (κ1) is 26.6. The fourth-order valence-electron chi connectivity index (χ4n) is 5.66. The molecule has 1 N–H and O–H groups in total. The standard InChI is InChI=1S/C32H37NO5/c1-33-32(34)26-17-27-28(18-26)38-29(22-35-19-23-11-5-2-6-12-23)31(37-21-25-15-9-4-10-16-25)30(27)36-20-24-13-7-3-8-14-24/h2-16,26-31H,17-22H2,1H3,(H,33,34)/t26-,27?,28-,29?,30+,31-/m0/s1. The van der Waals surface area contributed by atoms with Crippen molar-refractivity contribution in [2.24, 2.45) is 11.8 Å². The van der Waals surface area contributed by atoms with Crippen molar-refractivity contribution in [1.29, 1.82) is 0 Å². The molecule has 5 rings (SSSR count). The van der Waals surface area contributed by atoms with Crippen LogP contribution in [0.2, 0.25) is 0 Å². The van der Waals surface area contributed by atoms with Gasteiger partial charge in [0.05, 0.1) is 38.6 Å². The Morgan fingerprint density at radius 1 is 0.763 bits per heavy atom. The van der Waals surface area contributed by atoms with E-state index >= 15 is 0 Å². The maximum atomic E-state index is 12.6. The van der Waals surface area contributed by atoms with E-state index in [1.54, 1.807) is 7.05 Å². The monoisotopic (exact) mass is 515 g/mol. The molecule has 6 atom stereocenters. The van der Waals surface area contributed by atoms with Gasteiger partial charge in [0.15, 0.2) is 0 Å². The summed E-state index contributed by atoms with van der Waals surface area (Å²) in [5, 5.41) is 2.82. The van der Waals surface area contributed by atoms with Crippen molar-refractivity contribution in [2.75, 3.05) is 13.7 Å². The van der Waals surface area contributed by atoms with Crippen LogP contribution in [-0.4, -0.2) is 44.0 Å². The minimum atomic E-state index is -0.334. The number of carbonyl (C=O) groups excluding carboxylic acids is 1. The summed E-state index contributed by atoms with van der Waals surface area (Å²) >= 11 is 0. The lowest BCUT2D eigenvalue weighted by Crippen LogP contribution is -2.56. The average Bonchev–Trinajstić information content (AvgIpc) is 3.40. The molecule has 6 nitrogen and oxygen atoms in total. The summed E-state index contributed by atoms with van der Waals surface area (Å²) in [6, 6.07) is 30.5. The minimum absolute atomic E-state index is 0.0587. The highest BCUT2D eigenvalue weighted by atomic mass is 16.6. The summed E-state index contributed by atoms with van der Waals surface area (Å²) in [6.45, 7) is 1.80. The molecule has 0 aromatic heterocycles. The van der Waals surface area contributed by atoms with E-state index in [-0.39, 0.29) is 42.2 Å². The van der Waals surface area contributed by atoms with Gasteiger partial charge in [-0.3, -0.25) is 4.79 Å². The second-order valence-corrected chi connectivity index (χ2v) is 10.2. The molecule has 1 saturated carbocycles. The Morgan fingerprint density at radius 2 is 1.29 bits per heavy atom. The quantitative estimate of drug-likeness (QED) is 0.393. The van der Waals surface area contributed by atoms with Gasteiger partial charge in [-0.1, -0.05) is 91.0 Å². The fraction of sp³-hybridized carbons (Fsp3) is 0.406. The van der Waals surface area contributed by atoms with Crippen molar-refractivity contribution in [2.45, 2.75) is 57.1 Å². The van der Waals surface area contributed by atoms with E-state index in [0.717, 1.165) is 16.7 Å². The van der Waals surface area contributed by atoms with Gasteiger partial charge in [-0.15, -0.1) is 0 Å². The largest absolute Gasteiger partial charge is 0.374 e. The third-order valence-electron chi connectivity index (χ3n) is 7.59. The van der Waals surface area contributed by atoms with E-state index in [0.29, 0.717) is 39.3 Å². The second-order valence-electron chi connectivity index (χ2n) is 10.2. The molecule has 38 heavy (non-hydrogen) atoms.